The number of nitrogens with zero attached hydrogens (tertiary/aromatic N) is 1. The van der Waals surface area contributed by atoms with Crippen LogP contribution in [0.5, 0.6) is 0 Å². The zero-order chi connectivity index (χ0) is 11.8. The van der Waals surface area contributed by atoms with Crippen LogP contribution in [0.2, 0.25) is 0 Å². The lowest BCUT2D eigenvalue weighted by molar-refractivity contribution is -0.165. The fourth-order valence-electron chi connectivity index (χ4n) is 1.67. The number of anilines is 1. The Morgan fingerprint density at radius 3 is 2.81 bits per heavy atom. The Hall–Kier alpha value is -1.55. The summed E-state index contributed by atoms with van der Waals surface area (Å²) in [6, 6.07) is 7.47. The number of amides is 1. The molecule has 16 heavy (non-hydrogen) atoms. The Bertz CT molecular complexity index is 415. The Morgan fingerprint density at radius 2 is 2.25 bits per heavy atom. The molecule has 0 aliphatic carbocycles. The zero-order valence-electron chi connectivity index (χ0n) is 9.56. The van der Waals surface area contributed by atoms with Gasteiger partial charge in [0.1, 0.15) is 0 Å². The van der Waals surface area contributed by atoms with E-state index in [9.17, 15) is 4.79 Å². The Labute approximate surface area is 94.9 Å². The molecule has 0 atom stereocenters. The van der Waals surface area contributed by atoms with Crippen molar-refractivity contribution >= 4 is 11.6 Å². The molecule has 1 aromatic rings. The largest absolute Gasteiger partial charge is 0.399 e. The highest BCUT2D eigenvalue weighted by Crippen LogP contribution is 2.28. The number of carbonyl (C=O) groups is 1. The summed E-state index contributed by atoms with van der Waals surface area (Å²) in [5.74, 6) is 0.0231. The first-order valence-electron chi connectivity index (χ1n) is 5.28. The highest BCUT2D eigenvalue weighted by Gasteiger charge is 2.40. The molecule has 1 aliphatic rings. The van der Waals surface area contributed by atoms with Crippen LogP contribution in [-0.2, 0) is 16.2 Å². The predicted octanol–water partition coefficient (Wildman–Crippen LogP) is 1.57. The van der Waals surface area contributed by atoms with Gasteiger partial charge in [0.05, 0.1) is 18.6 Å². The van der Waals surface area contributed by atoms with Gasteiger partial charge >= 0.3 is 0 Å². The number of nitrogens with two attached hydrogens (primary N) is 1. The average Bonchev–Trinajstić information content (AvgIpc) is 2.45. The standard InChI is InChI=1S/C12H16N2O2/c1-12(2)8-16-14(11(12)15)7-9-4-3-5-10(13)6-9/h3-6H,7-8,13H2,1-2H3. The summed E-state index contributed by atoms with van der Waals surface area (Å²) in [6.45, 7) is 4.66. The maximum absolute atomic E-state index is 11.9. The lowest BCUT2D eigenvalue weighted by atomic mass is 9.95. The minimum Gasteiger partial charge on any atom is -0.399 e. The van der Waals surface area contributed by atoms with Crippen molar-refractivity contribution < 1.29 is 9.63 Å². The Balaban J connectivity index is 2.10. The van der Waals surface area contributed by atoms with Gasteiger partial charge in [-0.05, 0) is 31.5 Å². The van der Waals surface area contributed by atoms with E-state index >= 15 is 0 Å². The van der Waals surface area contributed by atoms with E-state index in [-0.39, 0.29) is 5.91 Å². The number of rotatable bonds is 2. The van der Waals surface area contributed by atoms with Gasteiger partial charge in [-0.25, -0.2) is 5.06 Å². The molecular weight excluding hydrogens is 204 g/mol. The molecule has 4 heteroatoms. The minimum absolute atomic E-state index is 0.0231. The maximum atomic E-state index is 11.9. The van der Waals surface area contributed by atoms with E-state index < -0.39 is 5.41 Å². The van der Waals surface area contributed by atoms with E-state index in [0.717, 1.165) is 5.56 Å². The summed E-state index contributed by atoms with van der Waals surface area (Å²) in [5, 5.41) is 1.41. The fourth-order valence-corrected chi connectivity index (χ4v) is 1.67. The van der Waals surface area contributed by atoms with E-state index in [1.165, 1.54) is 5.06 Å². The highest BCUT2D eigenvalue weighted by molar-refractivity contribution is 5.82. The van der Waals surface area contributed by atoms with Crippen LogP contribution < -0.4 is 5.73 Å². The minimum atomic E-state index is -0.416. The van der Waals surface area contributed by atoms with Crippen LogP contribution in [0.3, 0.4) is 0 Å². The van der Waals surface area contributed by atoms with Gasteiger partial charge < -0.3 is 5.73 Å². The van der Waals surface area contributed by atoms with Crippen LogP contribution in [0.15, 0.2) is 24.3 Å². The molecule has 0 radical (unpaired) electrons. The first kappa shape index (κ1) is 11.0. The number of hydrogen-bond donors (Lipinski definition) is 1. The normalized spacial score (nSPS) is 19.1. The van der Waals surface area contributed by atoms with Crippen molar-refractivity contribution in [2.45, 2.75) is 20.4 Å². The van der Waals surface area contributed by atoms with Gasteiger partial charge in [0.2, 0.25) is 0 Å². The smallest absolute Gasteiger partial charge is 0.254 e. The molecule has 1 fully saturated rings. The molecule has 0 bridgehead atoms. The molecule has 2 rings (SSSR count). The van der Waals surface area contributed by atoms with Crippen molar-refractivity contribution in [2.24, 2.45) is 5.41 Å². The second-order valence-electron chi connectivity index (χ2n) is 4.74. The molecule has 2 N–H and O–H groups in total. The first-order valence-corrected chi connectivity index (χ1v) is 5.28. The molecule has 0 unspecified atom stereocenters. The molecule has 86 valence electrons. The molecule has 1 saturated heterocycles. The third-order valence-electron chi connectivity index (χ3n) is 2.66. The fraction of sp³-hybridized carbons (Fsp3) is 0.417. The van der Waals surface area contributed by atoms with Crippen molar-refractivity contribution in [1.29, 1.82) is 0 Å². The van der Waals surface area contributed by atoms with Crippen LogP contribution in [-0.4, -0.2) is 17.6 Å². The quantitative estimate of drug-likeness (QED) is 0.770. The Morgan fingerprint density at radius 1 is 1.50 bits per heavy atom. The van der Waals surface area contributed by atoms with Crippen LogP contribution in [0, 0.1) is 5.41 Å². The summed E-state index contributed by atoms with van der Waals surface area (Å²) >= 11 is 0. The van der Waals surface area contributed by atoms with E-state index in [2.05, 4.69) is 0 Å². The van der Waals surface area contributed by atoms with Gasteiger partial charge in [-0.2, -0.15) is 0 Å². The molecule has 0 saturated carbocycles. The van der Waals surface area contributed by atoms with E-state index in [1.807, 2.05) is 38.1 Å². The van der Waals surface area contributed by atoms with Crippen LogP contribution >= 0.6 is 0 Å². The Kier molecular flexibility index (Phi) is 2.59. The third kappa shape index (κ3) is 2.02. The van der Waals surface area contributed by atoms with Crippen LogP contribution in [0.4, 0.5) is 5.69 Å². The van der Waals surface area contributed by atoms with E-state index in [0.29, 0.717) is 18.8 Å². The lowest BCUT2D eigenvalue weighted by Gasteiger charge is -2.16. The van der Waals surface area contributed by atoms with Crippen molar-refractivity contribution in [2.75, 3.05) is 12.3 Å². The molecule has 1 aliphatic heterocycles. The summed E-state index contributed by atoms with van der Waals surface area (Å²) in [4.78, 5) is 17.3. The highest BCUT2D eigenvalue weighted by atomic mass is 16.7. The van der Waals surface area contributed by atoms with Crippen LogP contribution in [0.25, 0.3) is 0 Å². The van der Waals surface area contributed by atoms with E-state index in [4.69, 9.17) is 10.6 Å². The summed E-state index contributed by atoms with van der Waals surface area (Å²) < 4.78 is 0. The predicted molar refractivity (Wildman–Crippen MR) is 61.1 cm³/mol. The van der Waals surface area contributed by atoms with Gasteiger partial charge in [0.25, 0.3) is 5.91 Å². The van der Waals surface area contributed by atoms with Gasteiger partial charge in [-0.1, -0.05) is 12.1 Å². The number of hydrogen-bond acceptors (Lipinski definition) is 3. The van der Waals surface area contributed by atoms with Crippen molar-refractivity contribution in [3.8, 4) is 0 Å². The maximum Gasteiger partial charge on any atom is 0.254 e. The molecular formula is C12H16N2O2. The van der Waals surface area contributed by atoms with Crippen molar-refractivity contribution in [1.82, 2.24) is 5.06 Å². The van der Waals surface area contributed by atoms with Gasteiger partial charge in [0, 0.05) is 5.69 Å². The summed E-state index contributed by atoms with van der Waals surface area (Å²) in [7, 11) is 0. The second-order valence-corrected chi connectivity index (χ2v) is 4.74. The molecule has 1 heterocycles. The van der Waals surface area contributed by atoms with Crippen molar-refractivity contribution in [3.05, 3.63) is 29.8 Å². The molecule has 0 spiro atoms. The van der Waals surface area contributed by atoms with Gasteiger partial charge in [-0.15, -0.1) is 0 Å². The average molecular weight is 220 g/mol. The number of carbonyl (C=O) groups excluding carboxylic acids is 1. The molecule has 4 nitrogen and oxygen atoms in total. The molecule has 1 aromatic carbocycles. The topological polar surface area (TPSA) is 55.6 Å². The first-order chi connectivity index (χ1) is 7.49. The summed E-state index contributed by atoms with van der Waals surface area (Å²) in [5.41, 5.74) is 6.94. The molecule has 1 amide bonds. The summed E-state index contributed by atoms with van der Waals surface area (Å²) in [6.07, 6.45) is 0. The molecule has 0 aromatic heterocycles. The number of benzene rings is 1. The number of nitrogen functional groups attached to an aromatic ring is 1. The number of hydroxylamine groups is 2. The van der Waals surface area contributed by atoms with E-state index in [1.54, 1.807) is 0 Å². The third-order valence-corrected chi connectivity index (χ3v) is 2.66. The van der Waals surface area contributed by atoms with Gasteiger partial charge in [-0.3, -0.25) is 9.63 Å². The zero-order valence-corrected chi connectivity index (χ0v) is 9.56. The SMILES string of the molecule is CC1(C)CON(Cc2cccc(N)c2)C1=O. The van der Waals surface area contributed by atoms with Gasteiger partial charge in [0.15, 0.2) is 0 Å². The monoisotopic (exact) mass is 220 g/mol. The second kappa shape index (κ2) is 3.79. The van der Waals surface area contributed by atoms with Crippen molar-refractivity contribution in [3.63, 3.8) is 0 Å². The van der Waals surface area contributed by atoms with Crippen LogP contribution in [0.1, 0.15) is 19.4 Å². The lowest BCUT2D eigenvalue weighted by Crippen LogP contribution is -2.30.